The van der Waals surface area contributed by atoms with Gasteiger partial charge in [-0.25, -0.2) is 9.37 Å². The van der Waals surface area contributed by atoms with Crippen molar-refractivity contribution in [3.05, 3.63) is 41.7 Å². The number of ether oxygens (including phenoxy) is 2. The van der Waals surface area contributed by atoms with Crippen LogP contribution in [0.2, 0.25) is 0 Å². The minimum absolute atomic E-state index is 0.0101. The molecule has 2 aliphatic heterocycles. The van der Waals surface area contributed by atoms with Crippen LogP contribution in [0.5, 0.6) is 0 Å². The minimum atomic E-state index is -0.589. The van der Waals surface area contributed by atoms with E-state index in [9.17, 15) is 9.18 Å². The molecule has 1 aromatic carbocycles. The van der Waals surface area contributed by atoms with Crippen molar-refractivity contribution in [2.24, 2.45) is 0 Å². The molecule has 2 fully saturated rings. The number of pyridine rings is 1. The molecule has 0 spiro atoms. The van der Waals surface area contributed by atoms with E-state index in [1.165, 1.54) is 12.1 Å². The summed E-state index contributed by atoms with van der Waals surface area (Å²) in [5, 5.41) is 3.46. The van der Waals surface area contributed by atoms with Gasteiger partial charge in [0.1, 0.15) is 11.6 Å². The number of anilines is 2. The molecule has 2 saturated heterocycles. The molecule has 9 nitrogen and oxygen atoms in total. The summed E-state index contributed by atoms with van der Waals surface area (Å²) in [7, 11) is 0. The first-order chi connectivity index (χ1) is 17.5. The monoisotopic (exact) mass is 494 g/mol. The van der Waals surface area contributed by atoms with E-state index in [0.717, 1.165) is 17.7 Å². The molecule has 190 valence electrons. The van der Waals surface area contributed by atoms with Crippen LogP contribution < -0.4 is 15.1 Å². The van der Waals surface area contributed by atoms with Gasteiger partial charge in [0, 0.05) is 25.2 Å². The Hall–Kier alpha value is -3.37. The van der Waals surface area contributed by atoms with Gasteiger partial charge in [0.15, 0.2) is 5.65 Å². The maximum Gasteiger partial charge on any atom is 0.254 e. The summed E-state index contributed by atoms with van der Waals surface area (Å²) in [6.07, 6.45) is 0. The Balaban J connectivity index is 1.59. The van der Waals surface area contributed by atoms with Gasteiger partial charge in [-0.05, 0) is 45.0 Å². The lowest BCUT2D eigenvalue weighted by Gasteiger charge is -2.37. The highest BCUT2D eigenvalue weighted by atomic mass is 19.1. The van der Waals surface area contributed by atoms with Gasteiger partial charge in [-0.15, -0.1) is 0 Å². The van der Waals surface area contributed by atoms with E-state index >= 15 is 0 Å². The van der Waals surface area contributed by atoms with Crippen molar-refractivity contribution < 1.29 is 18.7 Å². The smallest absolute Gasteiger partial charge is 0.254 e. The van der Waals surface area contributed by atoms with E-state index in [-0.39, 0.29) is 17.6 Å². The van der Waals surface area contributed by atoms with Crippen LogP contribution in [0.3, 0.4) is 0 Å². The number of aromatic nitrogens is 3. The molecule has 0 saturated carbocycles. The predicted octanol–water partition coefficient (Wildman–Crippen LogP) is 3.03. The van der Waals surface area contributed by atoms with Crippen LogP contribution in [-0.4, -0.2) is 79.0 Å². The lowest BCUT2D eigenvalue weighted by Crippen LogP contribution is -2.46. The maximum atomic E-state index is 14.8. The molecule has 0 unspecified atom stereocenters. The molecular formula is C26H31FN6O3. The number of hydrogen-bond acceptors (Lipinski definition) is 8. The lowest BCUT2D eigenvalue weighted by atomic mass is 10.1. The number of fused-ring (bicyclic) bond motifs is 1. The fraction of sp³-hybridized carbons (Fsp3) is 0.462. The molecule has 36 heavy (non-hydrogen) atoms. The third-order valence-electron chi connectivity index (χ3n) is 6.64. The van der Waals surface area contributed by atoms with Crippen LogP contribution in [0.15, 0.2) is 30.3 Å². The zero-order chi connectivity index (χ0) is 25.2. The van der Waals surface area contributed by atoms with Gasteiger partial charge in [0.05, 0.1) is 55.2 Å². The number of hydrogen-bond donors (Lipinski definition) is 1. The predicted molar refractivity (Wildman–Crippen MR) is 136 cm³/mol. The quantitative estimate of drug-likeness (QED) is 0.579. The molecule has 4 heterocycles. The van der Waals surface area contributed by atoms with E-state index in [0.29, 0.717) is 62.4 Å². The van der Waals surface area contributed by atoms with Gasteiger partial charge in [0.2, 0.25) is 5.95 Å². The molecule has 0 bridgehead atoms. The third kappa shape index (κ3) is 4.70. The van der Waals surface area contributed by atoms with Crippen molar-refractivity contribution >= 4 is 28.7 Å². The Labute approximate surface area is 209 Å². The summed E-state index contributed by atoms with van der Waals surface area (Å²) in [5.74, 6) is 0.402. The molecule has 2 atom stereocenters. The Kier molecular flexibility index (Phi) is 6.97. The zero-order valence-corrected chi connectivity index (χ0v) is 20.8. The average Bonchev–Trinajstić information content (AvgIpc) is 2.88. The highest BCUT2D eigenvalue weighted by Gasteiger charge is 2.27. The van der Waals surface area contributed by atoms with Crippen LogP contribution in [0, 0.1) is 5.82 Å². The van der Waals surface area contributed by atoms with Crippen molar-refractivity contribution in [1.29, 1.82) is 0 Å². The largest absolute Gasteiger partial charge is 0.377 e. The molecule has 0 aliphatic carbocycles. The van der Waals surface area contributed by atoms with Gasteiger partial charge in [-0.2, -0.15) is 9.97 Å². The Morgan fingerprint density at radius 2 is 1.75 bits per heavy atom. The number of nitrogens with zero attached hydrogens (tertiary/aromatic N) is 5. The third-order valence-corrected chi connectivity index (χ3v) is 6.64. The van der Waals surface area contributed by atoms with Gasteiger partial charge in [0.25, 0.3) is 5.91 Å². The average molecular weight is 495 g/mol. The number of morpholine rings is 2. The second-order valence-electron chi connectivity index (χ2n) is 9.20. The van der Waals surface area contributed by atoms with Crippen LogP contribution >= 0.6 is 0 Å². The molecule has 2 aliphatic rings. The van der Waals surface area contributed by atoms with Crippen LogP contribution in [-0.2, 0) is 9.47 Å². The summed E-state index contributed by atoms with van der Waals surface area (Å²) >= 11 is 0. The molecule has 1 amide bonds. The van der Waals surface area contributed by atoms with E-state index in [1.54, 1.807) is 13.0 Å². The Bertz CT molecular complexity index is 1270. The SMILES string of the molecule is CCNC(=O)c1ccc(-c2ccc3c(N4CCOC[C@@H]4C)nc(N4CCOC[C@@H]4C)nc3n2)cc1F. The van der Waals surface area contributed by atoms with Crippen molar-refractivity contribution in [2.75, 3.05) is 55.9 Å². The number of carbonyl (C=O) groups excluding carboxylic acids is 1. The summed E-state index contributed by atoms with van der Waals surface area (Å²) in [6, 6.07) is 8.61. The number of amides is 1. The van der Waals surface area contributed by atoms with E-state index in [1.807, 2.05) is 12.1 Å². The Morgan fingerprint density at radius 3 is 2.42 bits per heavy atom. The standard InChI is InChI=1S/C26H31FN6O3/c1-4-28-25(34)19-6-5-18(13-21(19)27)22-8-7-20-23(29-22)30-26(33-10-12-36-15-17(33)3)31-24(20)32-9-11-35-14-16(32)2/h5-8,13,16-17H,4,9-12,14-15H2,1-3H3,(H,28,34)/t16-,17-/m0/s1. The summed E-state index contributed by atoms with van der Waals surface area (Å²) in [5.41, 5.74) is 1.70. The van der Waals surface area contributed by atoms with E-state index in [2.05, 4.69) is 29.0 Å². The highest BCUT2D eigenvalue weighted by Crippen LogP contribution is 2.31. The number of benzene rings is 1. The molecule has 2 aromatic heterocycles. The first-order valence-electron chi connectivity index (χ1n) is 12.4. The summed E-state index contributed by atoms with van der Waals surface area (Å²) < 4.78 is 26.0. The van der Waals surface area contributed by atoms with Crippen molar-refractivity contribution in [1.82, 2.24) is 20.3 Å². The van der Waals surface area contributed by atoms with E-state index < -0.39 is 11.7 Å². The van der Waals surface area contributed by atoms with Gasteiger partial charge >= 0.3 is 0 Å². The molecule has 3 aromatic rings. The normalized spacial score (nSPS) is 20.6. The molecule has 5 rings (SSSR count). The maximum absolute atomic E-state index is 14.8. The first-order valence-corrected chi connectivity index (χ1v) is 12.4. The molecule has 1 N–H and O–H groups in total. The zero-order valence-electron chi connectivity index (χ0n) is 20.8. The van der Waals surface area contributed by atoms with Crippen LogP contribution in [0.4, 0.5) is 16.2 Å². The van der Waals surface area contributed by atoms with E-state index in [4.69, 9.17) is 24.4 Å². The summed E-state index contributed by atoms with van der Waals surface area (Å²) in [4.78, 5) is 31.2. The van der Waals surface area contributed by atoms with Crippen molar-refractivity contribution in [2.45, 2.75) is 32.9 Å². The second-order valence-corrected chi connectivity index (χ2v) is 9.20. The number of rotatable bonds is 5. The van der Waals surface area contributed by atoms with Crippen LogP contribution in [0.25, 0.3) is 22.3 Å². The fourth-order valence-electron chi connectivity index (χ4n) is 4.67. The number of halogens is 1. The number of nitrogens with one attached hydrogen (secondary N) is 1. The van der Waals surface area contributed by atoms with Gasteiger partial charge in [-0.1, -0.05) is 6.07 Å². The van der Waals surface area contributed by atoms with Crippen molar-refractivity contribution in [3.8, 4) is 11.3 Å². The van der Waals surface area contributed by atoms with Gasteiger partial charge < -0.3 is 24.6 Å². The minimum Gasteiger partial charge on any atom is -0.377 e. The lowest BCUT2D eigenvalue weighted by molar-refractivity contribution is 0.0951. The summed E-state index contributed by atoms with van der Waals surface area (Å²) in [6.45, 7) is 10.3. The Morgan fingerprint density at radius 1 is 1.03 bits per heavy atom. The molecule has 0 radical (unpaired) electrons. The topological polar surface area (TPSA) is 92.7 Å². The molecule has 10 heteroatoms. The molecular weight excluding hydrogens is 463 g/mol. The van der Waals surface area contributed by atoms with Crippen LogP contribution in [0.1, 0.15) is 31.1 Å². The highest BCUT2D eigenvalue weighted by molar-refractivity contribution is 5.95. The first kappa shape index (κ1) is 24.3. The van der Waals surface area contributed by atoms with Crippen molar-refractivity contribution in [3.63, 3.8) is 0 Å². The second kappa shape index (κ2) is 10.3. The van der Waals surface area contributed by atoms with Gasteiger partial charge in [-0.3, -0.25) is 4.79 Å². The fourth-order valence-corrected chi connectivity index (χ4v) is 4.67. The number of carbonyl (C=O) groups is 1.